The van der Waals surface area contributed by atoms with Crippen LogP contribution in [0, 0.1) is 13.8 Å². The molecule has 9 heteroatoms. The summed E-state index contributed by atoms with van der Waals surface area (Å²) < 4.78 is 6.83. The molecule has 156 valence electrons. The lowest BCUT2D eigenvalue weighted by Crippen LogP contribution is -2.43. The molecule has 1 N–H and O–H groups in total. The standard InChI is InChI=1S/C21H23N5O4/c1-13-18(14(2)30-23-13)12-24-11-16(9-22-24)26-19(28)21(3,4)25(20(26)29)10-15-5-7-17(27)8-6-15/h5-9,11,27H,10,12H2,1-4H3. The van der Waals surface area contributed by atoms with Gasteiger partial charge in [0, 0.05) is 18.3 Å². The van der Waals surface area contributed by atoms with Gasteiger partial charge in [0.1, 0.15) is 17.0 Å². The second-order valence-electron chi connectivity index (χ2n) is 7.93. The molecule has 0 spiro atoms. The molecule has 1 aromatic carbocycles. The number of aryl methyl sites for hydroxylation is 2. The number of anilines is 1. The summed E-state index contributed by atoms with van der Waals surface area (Å²) in [6, 6.07) is 6.17. The van der Waals surface area contributed by atoms with Gasteiger partial charge in [-0.05, 0) is 45.4 Å². The first-order valence-corrected chi connectivity index (χ1v) is 9.56. The summed E-state index contributed by atoms with van der Waals surface area (Å²) in [5.41, 5.74) is 1.91. The van der Waals surface area contributed by atoms with Gasteiger partial charge in [-0.2, -0.15) is 5.10 Å². The maximum Gasteiger partial charge on any atom is 0.332 e. The number of urea groups is 1. The van der Waals surface area contributed by atoms with E-state index in [2.05, 4.69) is 10.3 Å². The Morgan fingerprint density at radius 3 is 2.43 bits per heavy atom. The third-order valence-corrected chi connectivity index (χ3v) is 5.48. The number of benzene rings is 1. The molecule has 9 nitrogen and oxygen atoms in total. The molecule has 0 atom stereocenters. The summed E-state index contributed by atoms with van der Waals surface area (Å²) in [5.74, 6) is 0.538. The molecule has 4 rings (SSSR count). The van der Waals surface area contributed by atoms with Crippen LogP contribution >= 0.6 is 0 Å². The van der Waals surface area contributed by atoms with Crippen molar-refractivity contribution >= 4 is 17.6 Å². The summed E-state index contributed by atoms with van der Waals surface area (Å²) in [4.78, 5) is 28.9. The van der Waals surface area contributed by atoms with E-state index in [9.17, 15) is 14.7 Å². The number of nitrogens with zero attached hydrogens (tertiary/aromatic N) is 5. The molecule has 1 aliphatic heterocycles. The highest BCUT2D eigenvalue weighted by atomic mass is 16.5. The normalized spacial score (nSPS) is 16.0. The zero-order chi connectivity index (χ0) is 21.6. The first-order valence-electron chi connectivity index (χ1n) is 9.56. The highest BCUT2D eigenvalue weighted by Crippen LogP contribution is 2.33. The van der Waals surface area contributed by atoms with E-state index in [0.717, 1.165) is 21.7 Å². The van der Waals surface area contributed by atoms with E-state index in [1.54, 1.807) is 49.0 Å². The SMILES string of the molecule is Cc1noc(C)c1Cn1cc(N2C(=O)N(Cc3ccc(O)cc3)C(C)(C)C2=O)cn1. The number of phenols is 1. The number of carbonyl (C=O) groups excluding carboxylic acids is 2. The van der Waals surface area contributed by atoms with Crippen molar-refractivity contribution in [2.24, 2.45) is 0 Å². The predicted octanol–water partition coefficient (Wildman–Crippen LogP) is 2.99. The van der Waals surface area contributed by atoms with E-state index < -0.39 is 11.6 Å². The van der Waals surface area contributed by atoms with Crippen molar-refractivity contribution in [3.63, 3.8) is 0 Å². The summed E-state index contributed by atoms with van der Waals surface area (Å²) in [6.45, 7) is 7.81. The van der Waals surface area contributed by atoms with E-state index in [1.165, 1.54) is 11.1 Å². The van der Waals surface area contributed by atoms with Crippen LogP contribution in [-0.2, 0) is 17.9 Å². The van der Waals surface area contributed by atoms with Gasteiger partial charge < -0.3 is 14.5 Å². The van der Waals surface area contributed by atoms with Crippen molar-refractivity contribution in [3.05, 3.63) is 59.2 Å². The molecule has 0 aliphatic carbocycles. The molecule has 3 heterocycles. The fourth-order valence-electron chi connectivity index (χ4n) is 3.56. The van der Waals surface area contributed by atoms with Gasteiger partial charge >= 0.3 is 6.03 Å². The van der Waals surface area contributed by atoms with Crippen LogP contribution in [0.2, 0.25) is 0 Å². The number of phenolic OH excluding ortho intramolecular Hbond substituents is 1. The molecular weight excluding hydrogens is 386 g/mol. The number of amides is 3. The number of imide groups is 1. The second kappa shape index (κ2) is 7.01. The van der Waals surface area contributed by atoms with Crippen molar-refractivity contribution in [1.29, 1.82) is 0 Å². The Balaban J connectivity index is 1.59. The minimum absolute atomic E-state index is 0.147. The quantitative estimate of drug-likeness (QED) is 0.650. The first kappa shape index (κ1) is 19.7. The zero-order valence-corrected chi connectivity index (χ0v) is 17.3. The molecule has 30 heavy (non-hydrogen) atoms. The predicted molar refractivity (Wildman–Crippen MR) is 108 cm³/mol. The van der Waals surface area contributed by atoms with Gasteiger partial charge in [0.25, 0.3) is 5.91 Å². The van der Waals surface area contributed by atoms with Crippen molar-refractivity contribution in [1.82, 2.24) is 19.8 Å². The first-order chi connectivity index (χ1) is 14.2. The Bertz CT molecular complexity index is 1090. The molecule has 0 unspecified atom stereocenters. The fourth-order valence-corrected chi connectivity index (χ4v) is 3.56. The summed E-state index contributed by atoms with van der Waals surface area (Å²) in [7, 11) is 0. The molecule has 3 amide bonds. The van der Waals surface area contributed by atoms with E-state index in [0.29, 0.717) is 18.0 Å². The Kier molecular flexibility index (Phi) is 4.60. The van der Waals surface area contributed by atoms with Crippen LogP contribution in [0.1, 0.15) is 36.4 Å². The molecule has 1 aliphatic rings. The molecule has 1 saturated heterocycles. The molecule has 0 bridgehead atoms. The van der Waals surface area contributed by atoms with Gasteiger partial charge in [0.05, 0.1) is 24.1 Å². The molecule has 2 aromatic heterocycles. The van der Waals surface area contributed by atoms with Crippen LogP contribution in [0.25, 0.3) is 0 Å². The van der Waals surface area contributed by atoms with Crippen molar-refractivity contribution in [3.8, 4) is 5.75 Å². The van der Waals surface area contributed by atoms with Gasteiger partial charge in [-0.3, -0.25) is 9.48 Å². The maximum atomic E-state index is 13.2. The highest BCUT2D eigenvalue weighted by molar-refractivity contribution is 6.22. The van der Waals surface area contributed by atoms with Gasteiger partial charge in [-0.25, -0.2) is 9.69 Å². The third-order valence-electron chi connectivity index (χ3n) is 5.48. The summed E-state index contributed by atoms with van der Waals surface area (Å²) in [6.07, 6.45) is 3.18. The Labute approximate surface area is 173 Å². The number of aromatic nitrogens is 3. The van der Waals surface area contributed by atoms with Crippen molar-refractivity contribution in [2.75, 3.05) is 4.90 Å². The number of hydrogen-bond donors (Lipinski definition) is 1. The van der Waals surface area contributed by atoms with E-state index >= 15 is 0 Å². The third kappa shape index (κ3) is 3.22. The lowest BCUT2D eigenvalue weighted by atomic mass is 10.0. The number of rotatable bonds is 5. The molecule has 3 aromatic rings. The van der Waals surface area contributed by atoms with Crippen molar-refractivity contribution < 1.29 is 19.2 Å². The molecule has 0 saturated carbocycles. The molecular formula is C21H23N5O4. The minimum atomic E-state index is -1.02. The van der Waals surface area contributed by atoms with Gasteiger partial charge in [0.2, 0.25) is 0 Å². The van der Waals surface area contributed by atoms with Gasteiger partial charge in [0.15, 0.2) is 0 Å². The summed E-state index contributed by atoms with van der Waals surface area (Å²) in [5, 5.41) is 17.7. The average Bonchev–Trinajstić information content (AvgIpc) is 3.33. The number of hydrogen-bond acceptors (Lipinski definition) is 6. The highest BCUT2D eigenvalue weighted by Gasteiger charge is 2.52. The van der Waals surface area contributed by atoms with Gasteiger partial charge in [-0.15, -0.1) is 0 Å². The van der Waals surface area contributed by atoms with Crippen molar-refractivity contribution in [2.45, 2.75) is 46.3 Å². The molecule has 1 fully saturated rings. The Hall–Kier alpha value is -3.62. The van der Waals surface area contributed by atoms with Crippen LogP contribution < -0.4 is 4.90 Å². The van der Waals surface area contributed by atoms with Crippen LogP contribution in [0.5, 0.6) is 5.75 Å². The topological polar surface area (TPSA) is 105 Å². The fraction of sp³-hybridized carbons (Fsp3) is 0.333. The summed E-state index contributed by atoms with van der Waals surface area (Å²) >= 11 is 0. The van der Waals surface area contributed by atoms with E-state index in [-0.39, 0.29) is 18.2 Å². The number of aromatic hydroxyl groups is 1. The Morgan fingerprint density at radius 1 is 1.10 bits per heavy atom. The lowest BCUT2D eigenvalue weighted by Gasteiger charge is -2.27. The zero-order valence-electron chi connectivity index (χ0n) is 17.3. The number of carbonyl (C=O) groups is 2. The molecule has 0 radical (unpaired) electrons. The monoisotopic (exact) mass is 409 g/mol. The van der Waals surface area contributed by atoms with Gasteiger partial charge in [-0.1, -0.05) is 17.3 Å². The second-order valence-corrected chi connectivity index (χ2v) is 7.93. The van der Waals surface area contributed by atoms with Crippen LogP contribution in [0.3, 0.4) is 0 Å². The average molecular weight is 409 g/mol. The van der Waals surface area contributed by atoms with E-state index in [4.69, 9.17) is 4.52 Å². The van der Waals surface area contributed by atoms with E-state index in [1.807, 2.05) is 13.8 Å². The minimum Gasteiger partial charge on any atom is -0.508 e. The smallest absolute Gasteiger partial charge is 0.332 e. The maximum absolute atomic E-state index is 13.2. The lowest BCUT2D eigenvalue weighted by molar-refractivity contribution is -0.123. The largest absolute Gasteiger partial charge is 0.508 e. The van der Waals surface area contributed by atoms with Crippen LogP contribution in [-0.4, -0.2) is 42.4 Å². The van der Waals surface area contributed by atoms with Crippen LogP contribution in [0.4, 0.5) is 10.5 Å². The van der Waals surface area contributed by atoms with Crippen LogP contribution in [0.15, 0.2) is 41.2 Å². The Morgan fingerprint density at radius 2 is 1.80 bits per heavy atom.